The zero-order chi connectivity index (χ0) is 18.4. The lowest BCUT2D eigenvalue weighted by Gasteiger charge is -2.34. The van der Waals surface area contributed by atoms with Crippen molar-refractivity contribution in [2.75, 3.05) is 45.2 Å². The van der Waals surface area contributed by atoms with Crippen LogP contribution in [0.25, 0.3) is 0 Å². The van der Waals surface area contributed by atoms with Crippen LogP contribution in [0.1, 0.15) is 5.56 Å². The zero-order valence-electron chi connectivity index (χ0n) is 15.0. The van der Waals surface area contributed by atoms with Gasteiger partial charge in [0.1, 0.15) is 11.6 Å². The third-order valence-corrected chi connectivity index (χ3v) is 4.66. The predicted molar refractivity (Wildman–Crippen MR) is 100 cm³/mol. The molecule has 0 bridgehead atoms. The molecule has 0 aliphatic carbocycles. The van der Waals surface area contributed by atoms with Crippen LogP contribution in [0.2, 0.25) is 0 Å². The van der Waals surface area contributed by atoms with Crippen molar-refractivity contribution in [3.05, 3.63) is 59.9 Å². The number of amides is 2. The Labute approximate surface area is 153 Å². The quantitative estimate of drug-likeness (QED) is 0.894. The molecule has 1 heterocycles. The van der Waals surface area contributed by atoms with Crippen molar-refractivity contribution in [2.24, 2.45) is 0 Å². The lowest BCUT2D eigenvalue weighted by atomic mass is 10.1. The van der Waals surface area contributed by atoms with Gasteiger partial charge in [0.2, 0.25) is 0 Å². The van der Waals surface area contributed by atoms with Crippen LogP contribution in [0.15, 0.2) is 48.5 Å². The molecule has 0 aromatic heterocycles. The van der Waals surface area contributed by atoms with Gasteiger partial charge in [-0.3, -0.25) is 4.90 Å². The Morgan fingerprint density at radius 1 is 1.08 bits per heavy atom. The summed E-state index contributed by atoms with van der Waals surface area (Å²) in [4.78, 5) is 16.4. The average Bonchev–Trinajstić information content (AvgIpc) is 2.68. The van der Waals surface area contributed by atoms with Crippen molar-refractivity contribution in [1.29, 1.82) is 0 Å². The number of nitrogens with zero attached hydrogens (tertiary/aromatic N) is 2. The third kappa shape index (κ3) is 4.52. The number of rotatable bonds is 5. The summed E-state index contributed by atoms with van der Waals surface area (Å²) in [6, 6.07) is 14.0. The molecule has 1 aliphatic rings. The third-order valence-electron chi connectivity index (χ3n) is 4.66. The minimum absolute atomic E-state index is 0.219. The second kappa shape index (κ2) is 8.67. The van der Waals surface area contributed by atoms with Crippen LogP contribution in [-0.4, -0.2) is 55.7 Å². The summed E-state index contributed by atoms with van der Waals surface area (Å²) in [5, 5.41) is 2.64. The van der Waals surface area contributed by atoms with E-state index in [1.807, 2.05) is 18.2 Å². The summed E-state index contributed by atoms with van der Waals surface area (Å²) in [6.07, 6.45) is 0.908. The summed E-state index contributed by atoms with van der Waals surface area (Å²) < 4.78 is 19.0. The van der Waals surface area contributed by atoms with Crippen LogP contribution in [0.5, 0.6) is 5.75 Å². The first-order valence-electron chi connectivity index (χ1n) is 8.82. The number of carbonyl (C=O) groups excluding carboxylic acids is 1. The maximum atomic E-state index is 13.7. The van der Waals surface area contributed by atoms with Gasteiger partial charge in [0.05, 0.1) is 12.8 Å². The summed E-state index contributed by atoms with van der Waals surface area (Å²) >= 11 is 0. The molecule has 6 heteroatoms. The van der Waals surface area contributed by atoms with E-state index in [4.69, 9.17) is 4.74 Å². The number of piperazine rings is 1. The maximum Gasteiger partial charge on any atom is 0.322 e. The predicted octanol–water partition coefficient (Wildman–Crippen LogP) is 3.23. The van der Waals surface area contributed by atoms with E-state index in [1.54, 1.807) is 30.2 Å². The number of hydrogen-bond donors (Lipinski definition) is 1. The highest BCUT2D eigenvalue weighted by Gasteiger charge is 2.21. The van der Waals surface area contributed by atoms with E-state index in [2.05, 4.69) is 16.3 Å². The van der Waals surface area contributed by atoms with Crippen LogP contribution in [0, 0.1) is 5.82 Å². The normalized spacial score (nSPS) is 14.9. The van der Waals surface area contributed by atoms with Gasteiger partial charge in [-0.25, -0.2) is 9.18 Å². The number of nitrogens with one attached hydrogen (secondary N) is 1. The molecule has 0 radical (unpaired) electrons. The van der Waals surface area contributed by atoms with Gasteiger partial charge in [0.25, 0.3) is 0 Å². The zero-order valence-corrected chi connectivity index (χ0v) is 15.0. The van der Waals surface area contributed by atoms with Crippen molar-refractivity contribution in [2.45, 2.75) is 6.42 Å². The highest BCUT2D eigenvalue weighted by Crippen LogP contribution is 2.18. The number of carbonyl (C=O) groups is 1. The molecule has 1 saturated heterocycles. The number of anilines is 1. The molecule has 3 rings (SSSR count). The summed E-state index contributed by atoms with van der Waals surface area (Å²) in [5.74, 6) is 0.492. The lowest BCUT2D eigenvalue weighted by Crippen LogP contribution is -2.50. The molecular weight excluding hydrogens is 333 g/mol. The molecule has 2 amide bonds. The molecule has 26 heavy (non-hydrogen) atoms. The van der Waals surface area contributed by atoms with Gasteiger partial charge in [0.15, 0.2) is 0 Å². The minimum Gasteiger partial charge on any atom is -0.496 e. The number of halogens is 1. The summed E-state index contributed by atoms with van der Waals surface area (Å²) in [6.45, 7) is 3.79. The largest absolute Gasteiger partial charge is 0.496 e. The fourth-order valence-corrected chi connectivity index (χ4v) is 3.12. The number of methoxy groups -OCH3 is 1. The van der Waals surface area contributed by atoms with Crippen molar-refractivity contribution in [3.63, 3.8) is 0 Å². The summed E-state index contributed by atoms with van der Waals surface area (Å²) in [7, 11) is 1.69. The number of ether oxygens (including phenoxy) is 1. The van der Waals surface area contributed by atoms with Gasteiger partial charge < -0.3 is 15.0 Å². The molecule has 1 fully saturated rings. The molecule has 1 N–H and O–H groups in total. The SMILES string of the molecule is COc1ccccc1CCN1CCN(C(=O)Nc2ccccc2F)CC1. The molecule has 0 unspecified atom stereocenters. The molecule has 1 aliphatic heterocycles. The Bertz CT molecular complexity index is 745. The summed E-state index contributed by atoms with van der Waals surface area (Å²) in [5.41, 5.74) is 1.41. The van der Waals surface area contributed by atoms with Crippen molar-refractivity contribution < 1.29 is 13.9 Å². The second-order valence-electron chi connectivity index (χ2n) is 6.30. The van der Waals surface area contributed by atoms with E-state index in [0.29, 0.717) is 13.1 Å². The van der Waals surface area contributed by atoms with Crippen LogP contribution < -0.4 is 10.1 Å². The molecule has 0 saturated carbocycles. The standard InChI is InChI=1S/C20H24FN3O2/c1-26-19-9-5-2-6-16(19)10-11-23-12-14-24(15-13-23)20(25)22-18-8-4-3-7-17(18)21/h2-9H,10-15H2,1H3,(H,22,25). The Balaban J connectivity index is 1.47. The van der Waals surface area contributed by atoms with E-state index in [-0.39, 0.29) is 11.7 Å². The van der Waals surface area contributed by atoms with Crippen molar-refractivity contribution >= 4 is 11.7 Å². The van der Waals surface area contributed by atoms with Crippen molar-refractivity contribution in [1.82, 2.24) is 9.80 Å². The first-order valence-corrected chi connectivity index (χ1v) is 8.82. The fraction of sp³-hybridized carbons (Fsp3) is 0.350. The topological polar surface area (TPSA) is 44.8 Å². The maximum absolute atomic E-state index is 13.7. The van der Waals surface area contributed by atoms with Gasteiger partial charge in [-0.2, -0.15) is 0 Å². The Morgan fingerprint density at radius 3 is 2.50 bits per heavy atom. The Kier molecular flexibility index (Phi) is 6.07. The van der Waals surface area contributed by atoms with E-state index in [1.165, 1.54) is 11.6 Å². The molecule has 0 atom stereocenters. The second-order valence-corrected chi connectivity index (χ2v) is 6.30. The van der Waals surface area contributed by atoms with Gasteiger partial charge >= 0.3 is 6.03 Å². The molecular formula is C20H24FN3O2. The number of benzene rings is 2. The van der Waals surface area contributed by atoms with Crippen LogP contribution in [-0.2, 0) is 6.42 Å². The van der Waals surface area contributed by atoms with E-state index >= 15 is 0 Å². The monoisotopic (exact) mass is 357 g/mol. The Morgan fingerprint density at radius 2 is 1.77 bits per heavy atom. The molecule has 0 spiro atoms. The average molecular weight is 357 g/mol. The number of urea groups is 1. The van der Waals surface area contributed by atoms with Gasteiger partial charge in [-0.1, -0.05) is 30.3 Å². The van der Waals surface area contributed by atoms with Gasteiger partial charge in [0, 0.05) is 32.7 Å². The fourth-order valence-electron chi connectivity index (χ4n) is 3.12. The number of para-hydroxylation sites is 2. The lowest BCUT2D eigenvalue weighted by molar-refractivity contribution is 0.148. The molecule has 5 nitrogen and oxygen atoms in total. The first kappa shape index (κ1) is 18.2. The van der Waals surface area contributed by atoms with Gasteiger partial charge in [-0.15, -0.1) is 0 Å². The highest BCUT2D eigenvalue weighted by atomic mass is 19.1. The number of hydrogen-bond acceptors (Lipinski definition) is 3. The van der Waals surface area contributed by atoms with Crippen LogP contribution in [0.4, 0.5) is 14.9 Å². The van der Waals surface area contributed by atoms with Gasteiger partial charge in [-0.05, 0) is 30.2 Å². The molecule has 2 aromatic rings. The minimum atomic E-state index is -0.420. The first-order chi connectivity index (χ1) is 12.7. The van der Waals surface area contributed by atoms with Crippen LogP contribution in [0.3, 0.4) is 0 Å². The Hall–Kier alpha value is -2.60. The van der Waals surface area contributed by atoms with E-state index < -0.39 is 5.82 Å². The highest BCUT2D eigenvalue weighted by molar-refractivity contribution is 5.89. The van der Waals surface area contributed by atoms with E-state index in [9.17, 15) is 9.18 Å². The molecule has 138 valence electrons. The smallest absolute Gasteiger partial charge is 0.322 e. The molecule has 2 aromatic carbocycles. The van der Waals surface area contributed by atoms with Crippen LogP contribution >= 0.6 is 0 Å². The van der Waals surface area contributed by atoms with E-state index in [0.717, 1.165) is 31.8 Å². The van der Waals surface area contributed by atoms with Crippen molar-refractivity contribution in [3.8, 4) is 5.75 Å².